The van der Waals surface area contributed by atoms with Crippen molar-refractivity contribution < 1.29 is 26.2 Å². The van der Waals surface area contributed by atoms with E-state index in [1.165, 1.54) is 36.8 Å². The monoisotopic (exact) mass is 515 g/mol. The van der Waals surface area contributed by atoms with Crippen molar-refractivity contribution in [1.82, 2.24) is 0 Å². The third-order valence-corrected chi connectivity index (χ3v) is 6.35. The normalized spacial score (nSPS) is 26.7. The van der Waals surface area contributed by atoms with Gasteiger partial charge in [0.1, 0.15) is 0 Å². The summed E-state index contributed by atoms with van der Waals surface area (Å²) in [4.78, 5) is 0. The van der Waals surface area contributed by atoms with E-state index in [9.17, 15) is 0 Å². The van der Waals surface area contributed by atoms with Crippen LogP contribution in [0, 0.1) is 36.0 Å². The molecule has 0 aliphatic heterocycles. The Morgan fingerprint density at radius 3 is 2.31 bits per heavy atom. The van der Waals surface area contributed by atoms with Crippen LogP contribution in [0.4, 0.5) is 0 Å². The van der Waals surface area contributed by atoms with Crippen molar-refractivity contribution in [2.75, 3.05) is 0 Å². The van der Waals surface area contributed by atoms with Gasteiger partial charge in [0.05, 0.1) is 0 Å². The number of rotatable bonds is 3. The van der Waals surface area contributed by atoms with Gasteiger partial charge in [0.15, 0.2) is 0 Å². The number of allylic oxidation sites excluding steroid dienone is 11. The molecular weight excluding hydrogens is 480 g/mol. The van der Waals surface area contributed by atoms with E-state index < -0.39 is 0 Å². The van der Waals surface area contributed by atoms with Gasteiger partial charge in [-0.2, -0.15) is 24.0 Å². The van der Waals surface area contributed by atoms with Crippen LogP contribution >= 0.6 is 0 Å². The number of hydrogen-bond acceptors (Lipinski definition) is 0. The van der Waals surface area contributed by atoms with Gasteiger partial charge >= 0.3 is 26.2 Å². The second-order valence-electron chi connectivity index (χ2n) is 8.61. The topological polar surface area (TPSA) is 0 Å². The first-order chi connectivity index (χ1) is 15.3. The summed E-state index contributed by atoms with van der Waals surface area (Å²) in [5.74, 6) is 4.45. The van der Waals surface area contributed by atoms with Crippen LogP contribution in [-0.4, -0.2) is 9.52 Å². The minimum absolute atomic E-state index is 0. The first-order valence-corrected chi connectivity index (χ1v) is 14.1. The van der Waals surface area contributed by atoms with Gasteiger partial charge in [-0.05, 0) is 17.8 Å². The zero-order valence-corrected chi connectivity index (χ0v) is 23.3. The zero-order chi connectivity index (χ0) is 21.9. The Kier molecular flexibility index (Phi) is 12.4. The average molecular weight is 517 g/mol. The van der Waals surface area contributed by atoms with Crippen LogP contribution < -0.4 is 0 Å². The molecule has 5 rings (SSSR count). The van der Waals surface area contributed by atoms with E-state index in [2.05, 4.69) is 111 Å². The molecule has 0 nitrogen and oxygen atoms in total. The van der Waals surface area contributed by atoms with Gasteiger partial charge in [0.2, 0.25) is 0 Å². The smallest absolute Gasteiger partial charge is 0.321 e. The zero-order valence-electron chi connectivity index (χ0n) is 19.7. The van der Waals surface area contributed by atoms with Gasteiger partial charge in [-0.1, -0.05) is 93.1 Å². The molecule has 0 amide bonds. The molecule has 0 spiro atoms. The van der Waals surface area contributed by atoms with Crippen molar-refractivity contribution in [1.29, 1.82) is 0 Å². The Morgan fingerprint density at radius 1 is 0.969 bits per heavy atom. The van der Waals surface area contributed by atoms with Crippen LogP contribution in [0.2, 0.25) is 13.1 Å². The van der Waals surface area contributed by atoms with Gasteiger partial charge in [-0.25, -0.2) is 0 Å². The van der Waals surface area contributed by atoms with E-state index in [1.807, 2.05) is 6.08 Å². The largest absolute Gasteiger partial charge is 2.00 e. The second kappa shape index (κ2) is 14.7. The summed E-state index contributed by atoms with van der Waals surface area (Å²) in [5, 5.41) is 0. The van der Waals surface area contributed by atoms with Crippen LogP contribution in [0.1, 0.15) is 31.2 Å². The summed E-state index contributed by atoms with van der Waals surface area (Å²) >= 11 is 0. The third-order valence-electron chi connectivity index (χ3n) is 6.35. The summed E-state index contributed by atoms with van der Waals surface area (Å²) in [7, 11) is 0.750. The molecule has 2 heteroatoms. The van der Waals surface area contributed by atoms with Crippen LogP contribution in [0.3, 0.4) is 0 Å². The van der Waals surface area contributed by atoms with Gasteiger partial charge in [0, 0.05) is 9.52 Å². The standard InChI is InChI=1S/C19H19.C9H11.C2H7Si.Zr/c1-2-8-17(15-9-4-3-5-10-15)19-14-13-16-11-6-7-12-18(16)19;1-2-5-9-7-3-6-8(9)4-1;1-3-2;/h2-12,16,18H,1,13-14H2;1-2,4-6,8-9H,3,7H2;3H,1-2H3;/q2*-1;;+2. The molecule has 1 aromatic rings. The van der Waals surface area contributed by atoms with E-state index in [0.717, 1.165) is 21.4 Å². The Hall–Kier alpha value is -1.37. The minimum Gasteiger partial charge on any atom is -0.321 e. The molecule has 32 heavy (non-hydrogen) atoms. The number of fused-ring (bicyclic) bond motifs is 2. The van der Waals surface area contributed by atoms with Crippen molar-refractivity contribution in [2.45, 2.75) is 38.8 Å². The van der Waals surface area contributed by atoms with Gasteiger partial charge < -0.3 is 6.42 Å². The fourth-order valence-corrected chi connectivity index (χ4v) is 4.92. The van der Waals surface area contributed by atoms with E-state index in [4.69, 9.17) is 0 Å². The molecule has 0 bridgehead atoms. The Labute approximate surface area is 218 Å². The molecule has 4 atom stereocenters. The summed E-state index contributed by atoms with van der Waals surface area (Å²) in [6.45, 7) is 8.30. The molecule has 1 aromatic carbocycles. The van der Waals surface area contributed by atoms with Crippen LogP contribution in [0.5, 0.6) is 0 Å². The van der Waals surface area contributed by atoms with Gasteiger partial charge in [-0.15, -0.1) is 42.3 Å². The van der Waals surface area contributed by atoms with Crippen molar-refractivity contribution in [3.63, 3.8) is 0 Å². The maximum atomic E-state index is 3.88. The molecule has 1 radical (unpaired) electrons. The maximum Gasteiger partial charge on any atom is 2.00 e. The van der Waals surface area contributed by atoms with Crippen LogP contribution in [0.15, 0.2) is 97.7 Å². The third kappa shape index (κ3) is 7.32. The molecule has 0 aromatic heterocycles. The summed E-state index contributed by atoms with van der Waals surface area (Å²) < 4.78 is 0. The fourth-order valence-electron chi connectivity index (χ4n) is 4.92. The van der Waals surface area contributed by atoms with E-state index in [-0.39, 0.29) is 26.2 Å². The quantitative estimate of drug-likeness (QED) is 0.218. The van der Waals surface area contributed by atoms with Crippen molar-refractivity contribution in [2.24, 2.45) is 23.7 Å². The maximum absolute atomic E-state index is 3.88. The SMILES string of the molecule is C1=CC2[CH-]CCC2C=C1.C=CC=C(c1ccccc1)[C-]1CCC2C=CC=CC12.C[SiH]C.[Zr+2]. The Morgan fingerprint density at radius 2 is 1.62 bits per heavy atom. The summed E-state index contributed by atoms with van der Waals surface area (Å²) in [5.41, 5.74) is 2.67. The fraction of sp³-hybridized carbons (Fsp3) is 0.333. The molecule has 4 aliphatic carbocycles. The molecule has 0 heterocycles. The number of hydrogen-bond donors (Lipinski definition) is 0. The predicted octanol–water partition coefficient (Wildman–Crippen LogP) is 7.84. The predicted molar refractivity (Wildman–Crippen MR) is 140 cm³/mol. The first kappa shape index (κ1) is 26.9. The van der Waals surface area contributed by atoms with E-state index >= 15 is 0 Å². The van der Waals surface area contributed by atoms with Gasteiger partial charge in [0.25, 0.3) is 0 Å². The molecule has 0 saturated heterocycles. The molecule has 165 valence electrons. The Bertz CT molecular complexity index is 812. The average Bonchev–Trinajstić information content (AvgIpc) is 3.46. The van der Waals surface area contributed by atoms with Gasteiger partial charge in [-0.3, -0.25) is 0 Å². The van der Waals surface area contributed by atoms with Crippen LogP contribution in [0.25, 0.3) is 5.57 Å². The molecule has 2 saturated carbocycles. The second-order valence-corrected chi connectivity index (χ2v) is 9.76. The van der Waals surface area contributed by atoms with Crippen molar-refractivity contribution >= 4 is 15.1 Å². The van der Waals surface area contributed by atoms with E-state index in [0.29, 0.717) is 11.8 Å². The first-order valence-electron chi connectivity index (χ1n) is 11.8. The number of benzene rings is 1. The van der Waals surface area contributed by atoms with Crippen LogP contribution in [-0.2, 0) is 26.2 Å². The molecule has 2 fully saturated rings. The molecule has 0 N–H and O–H groups in total. The van der Waals surface area contributed by atoms with Crippen molar-refractivity contribution in [3.05, 3.63) is 116 Å². The molecule has 4 unspecified atom stereocenters. The Balaban J connectivity index is 0.000000233. The summed E-state index contributed by atoms with van der Waals surface area (Å²) in [6.07, 6.45) is 29.7. The van der Waals surface area contributed by atoms with Crippen molar-refractivity contribution in [3.8, 4) is 0 Å². The van der Waals surface area contributed by atoms with E-state index in [1.54, 1.807) is 5.92 Å². The summed E-state index contributed by atoms with van der Waals surface area (Å²) in [6, 6.07) is 10.7. The molecular formula is C30H37SiZr. The molecule has 4 aliphatic rings. The minimum atomic E-state index is 0.